The zero-order valence-electron chi connectivity index (χ0n) is 13.4. The Labute approximate surface area is 143 Å². The van der Waals surface area contributed by atoms with Crippen LogP contribution in [0.2, 0.25) is 0 Å². The molecule has 2 heterocycles. The van der Waals surface area contributed by atoms with Crippen molar-refractivity contribution in [1.29, 1.82) is 0 Å². The SMILES string of the molecule is COc1ccc2nc(C)cc(C(=O)NCC(O)c3cccs3)c2c1. The van der Waals surface area contributed by atoms with Gasteiger partial charge in [0, 0.05) is 22.5 Å². The molecule has 124 valence electrons. The summed E-state index contributed by atoms with van der Waals surface area (Å²) in [6, 6.07) is 10.9. The van der Waals surface area contributed by atoms with Crippen LogP contribution < -0.4 is 10.1 Å². The molecule has 1 unspecified atom stereocenters. The summed E-state index contributed by atoms with van der Waals surface area (Å²) in [5.41, 5.74) is 2.02. The number of aryl methyl sites for hydroxylation is 1. The third-order valence-corrected chi connectivity index (χ3v) is 4.69. The van der Waals surface area contributed by atoms with Gasteiger partial charge in [-0.2, -0.15) is 0 Å². The van der Waals surface area contributed by atoms with Crippen LogP contribution in [0.3, 0.4) is 0 Å². The highest BCUT2D eigenvalue weighted by Crippen LogP contribution is 2.24. The van der Waals surface area contributed by atoms with Crippen LogP contribution in [-0.4, -0.2) is 29.7 Å². The van der Waals surface area contributed by atoms with E-state index in [9.17, 15) is 9.90 Å². The standard InChI is InChI=1S/C18H18N2O3S/c1-11-8-14(13-9-12(23-2)5-6-15(13)20-11)18(22)19-10-16(21)17-4-3-7-24-17/h3-9,16,21H,10H2,1-2H3,(H,19,22). The van der Waals surface area contributed by atoms with E-state index in [1.807, 2.05) is 36.6 Å². The molecule has 5 nitrogen and oxygen atoms in total. The van der Waals surface area contributed by atoms with Gasteiger partial charge >= 0.3 is 0 Å². The first kappa shape index (κ1) is 16.4. The molecule has 2 N–H and O–H groups in total. The Balaban J connectivity index is 1.86. The molecule has 0 saturated heterocycles. The van der Waals surface area contributed by atoms with E-state index in [1.54, 1.807) is 19.2 Å². The Morgan fingerprint density at radius 3 is 2.92 bits per heavy atom. The van der Waals surface area contributed by atoms with E-state index >= 15 is 0 Å². The van der Waals surface area contributed by atoms with Crippen LogP contribution in [0.15, 0.2) is 41.8 Å². The van der Waals surface area contributed by atoms with Crippen molar-refractivity contribution < 1.29 is 14.6 Å². The fraction of sp³-hybridized carbons (Fsp3) is 0.222. The maximum absolute atomic E-state index is 12.6. The monoisotopic (exact) mass is 342 g/mol. The van der Waals surface area contributed by atoms with Crippen LogP contribution in [-0.2, 0) is 0 Å². The molecule has 2 aromatic heterocycles. The van der Waals surface area contributed by atoms with Crippen molar-refractivity contribution in [3.05, 3.63) is 57.9 Å². The first-order valence-electron chi connectivity index (χ1n) is 7.53. The first-order valence-corrected chi connectivity index (χ1v) is 8.41. The van der Waals surface area contributed by atoms with Gasteiger partial charge in [0.1, 0.15) is 11.9 Å². The minimum absolute atomic E-state index is 0.159. The Morgan fingerprint density at radius 2 is 2.21 bits per heavy atom. The van der Waals surface area contributed by atoms with Crippen molar-refractivity contribution >= 4 is 28.1 Å². The zero-order valence-corrected chi connectivity index (χ0v) is 14.3. The molecule has 0 saturated carbocycles. The van der Waals surface area contributed by atoms with Crippen LogP contribution in [0.1, 0.15) is 27.0 Å². The van der Waals surface area contributed by atoms with Gasteiger partial charge in [0.05, 0.1) is 18.2 Å². The van der Waals surface area contributed by atoms with Gasteiger partial charge in [-0.25, -0.2) is 0 Å². The number of nitrogens with zero attached hydrogens (tertiary/aromatic N) is 1. The molecule has 6 heteroatoms. The van der Waals surface area contributed by atoms with Crippen molar-refractivity contribution in [3.63, 3.8) is 0 Å². The lowest BCUT2D eigenvalue weighted by atomic mass is 10.1. The molecule has 0 radical (unpaired) electrons. The third-order valence-electron chi connectivity index (χ3n) is 3.72. The lowest BCUT2D eigenvalue weighted by Gasteiger charge is -2.12. The second-order valence-electron chi connectivity index (χ2n) is 5.44. The maximum Gasteiger partial charge on any atom is 0.252 e. The zero-order chi connectivity index (χ0) is 17.1. The fourth-order valence-corrected chi connectivity index (χ4v) is 3.23. The number of nitrogens with one attached hydrogen (secondary N) is 1. The Bertz CT molecular complexity index is 862. The Kier molecular flexibility index (Phi) is 4.78. The Hall–Kier alpha value is -2.44. The second-order valence-corrected chi connectivity index (χ2v) is 6.41. The molecule has 1 atom stereocenters. The van der Waals surface area contributed by atoms with Gasteiger partial charge in [-0.3, -0.25) is 9.78 Å². The number of aromatic nitrogens is 1. The number of thiophene rings is 1. The molecule has 0 spiro atoms. The molecular formula is C18H18N2O3S. The minimum Gasteiger partial charge on any atom is -0.497 e. The number of aliphatic hydroxyl groups excluding tert-OH is 1. The molecule has 0 bridgehead atoms. The minimum atomic E-state index is -0.710. The number of methoxy groups -OCH3 is 1. The fourth-order valence-electron chi connectivity index (χ4n) is 2.52. The molecule has 0 aliphatic heterocycles. The largest absolute Gasteiger partial charge is 0.497 e. The normalized spacial score (nSPS) is 12.1. The van der Waals surface area contributed by atoms with Gasteiger partial charge in [-0.1, -0.05) is 6.07 Å². The van der Waals surface area contributed by atoms with Crippen LogP contribution in [0.5, 0.6) is 5.75 Å². The van der Waals surface area contributed by atoms with E-state index in [1.165, 1.54) is 11.3 Å². The van der Waals surface area contributed by atoms with Crippen molar-refractivity contribution in [1.82, 2.24) is 10.3 Å². The summed E-state index contributed by atoms with van der Waals surface area (Å²) in [7, 11) is 1.58. The van der Waals surface area contributed by atoms with Gasteiger partial charge in [-0.15, -0.1) is 11.3 Å². The van der Waals surface area contributed by atoms with Crippen LogP contribution >= 0.6 is 11.3 Å². The number of hydrogen-bond acceptors (Lipinski definition) is 5. The highest BCUT2D eigenvalue weighted by molar-refractivity contribution is 7.10. The Morgan fingerprint density at radius 1 is 1.38 bits per heavy atom. The van der Waals surface area contributed by atoms with Gasteiger partial charge in [0.2, 0.25) is 0 Å². The summed E-state index contributed by atoms with van der Waals surface area (Å²) < 4.78 is 5.24. The number of carbonyl (C=O) groups is 1. The summed E-state index contributed by atoms with van der Waals surface area (Å²) in [6.07, 6.45) is -0.710. The summed E-state index contributed by atoms with van der Waals surface area (Å²) in [6.45, 7) is 2.01. The van der Waals surface area contributed by atoms with Crippen molar-refractivity contribution in [3.8, 4) is 5.75 Å². The van der Waals surface area contributed by atoms with Crippen LogP contribution in [0.25, 0.3) is 10.9 Å². The smallest absolute Gasteiger partial charge is 0.252 e. The van der Waals surface area contributed by atoms with E-state index in [4.69, 9.17) is 4.74 Å². The van der Waals surface area contributed by atoms with Gasteiger partial charge in [-0.05, 0) is 42.6 Å². The van der Waals surface area contributed by atoms with Crippen molar-refractivity contribution in [2.75, 3.05) is 13.7 Å². The van der Waals surface area contributed by atoms with Gasteiger partial charge < -0.3 is 15.2 Å². The number of benzene rings is 1. The van der Waals surface area contributed by atoms with Crippen molar-refractivity contribution in [2.45, 2.75) is 13.0 Å². The number of aliphatic hydroxyl groups is 1. The third kappa shape index (κ3) is 3.39. The molecular weight excluding hydrogens is 324 g/mol. The predicted molar refractivity (Wildman–Crippen MR) is 94.6 cm³/mol. The topological polar surface area (TPSA) is 71.5 Å². The molecule has 0 aliphatic rings. The van der Waals surface area contributed by atoms with Crippen LogP contribution in [0.4, 0.5) is 0 Å². The van der Waals surface area contributed by atoms with E-state index in [0.717, 1.165) is 21.5 Å². The quantitative estimate of drug-likeness (QED) is 0.747. The van der Waals surface area contributed by atoms with E-state index < -0.39 is 6.10 Å². The molecule has 1 aromatic carbocycles. The van der Waals surface area contributed by atoms with Gasteiger partial charge in [0.15, 0.2) is 0 Å². The van der Waals surface area contributed by atoms with Gasteiger partial charge in [0.25, 0.3) is 5.91 Å². The van der Waals surface area contributed by atoms with E-state index in [-0.39, 0.29) is 12.5 Å². The molecule has 0 aliphatic carbocycles. The number of hydrogen-bond donors (Lipinski definition) is 2. The first-order chi connectivity index (χ1) is 11.6. The molecule has 3 rings (SSSR count). The molecule has 0 fully saturated rings. The lowest BCUT2D eigenvalue weighted by molar-refractivity contribution is 0.0919. The number of fused-ring (bicyclic) bond motifs is 1. The molecule has 24 heavy (non-hydrogen) atoms. The molecule has 1 amide bonds. The van der Waals surface area contributed by atoms with E-state index in [2.05, 4.69) is 10.3 Å². The highest BCUT2D eigenvalue weighted by Gasteiger charge is 2.15. The molecule has 3 aromatic rings. The number of amides is 1. The number of carbonyl (C=O) groups excluding carboxylic acids is 1. The summed E-state index contributed by atoms with van der Waals surface area (Å²) >= 11 is 1.46. The second kappa shape index (κ2) is 6.98. The summed E-state index contributed by atoms with van der Waals surface area (Å²) in [5.74, 6) is 0.426. The average molecular weight is 342 g/mol. The predicted octanol–water partition coefficient (Wildman–Crippen LogP) is 3.08. The summed E-state index contributed by atoms with van der Waals surface area (Å²) in [5, 5.41) is 15.5. The summed E-state index contributed by atoms with van der Waals surface area (Å²) in [4.78, 5) is 17.9. The van der Waals surface area contributed by atoms with E-state index in [0.29, 0.717) is 11.3 Å². The maximum atomic E-state index is 12.6. The number of rotatable bonds is 5. The average Bonchev–Trinajstić information content (AvgIpc) is 3.13. The van der Waals surface area contributed by atoms with Crippen LogP contribution in [0, 0.1) is 6.92 Å². The van der Waals surface area contributed by atoms with Crippen molar-refractivity contribution in [2.24, 2.45) is 0 Å². The number of ether oxygens (including phenoxy) is 1. The highest BCUT2D eigenvalue weighted by atomic mass is 32.1. The lowest BCUT2D eigenvalue weighted by Crippen LogP contribution is -2.28. The number of pyridine rings is 1.